The summed E-state index contributed by atoms with van der Waals surface area (Å²) >= 11 is 5.63. The highest BCUT2D eigenvalue weighted by atomic mass is 35.5. The second-order valence-electron chi connectivity index (χ2n) is 2.39. The first kappa shape index (κ1) is 11.6. The maximum Gasteiger partial charge on any atom is 0.126 e. The number of nitrogens with one attached hydrogen (secondary N) is 1. The van der Waals surface area contributed by atoms with Crippen LogP contribution in [0.4, 0.5) is 4.39 Å². The van der Waals surface area contributed by atoms with E-state index in [1.807, 2.05) is 0 Å². The molecule has 0 heterocycles. The Kier molecular flexibility index (Phi) is 5.98. The van der Waals surface area contributed by atoms with Crippen molar-refractivity contribution in [1.82, 2.24) is 5.48 Å². The molecule has 1 aliphatic rings. The van der Waals surface area contributed by atoms with Gasteiger partial charge in [0.05, 0.1) is 0 Å². The third-order valence-corrected chi connectivity index (χ3v) is 1.93. The van der Waals surface area contributed by atoms with Gasteiger partial charge in [-0.05, 0) is 6.08 Å². The molecule has 4 heteroatoms. The fourth-order valence-corrected chi connectivity index (χ4v) is 0.917. The third-order valence-electron chi connectivity index (χ3n) is 1.46. The van der Waals surface area contributed by atoms with E-state index in [1.54, 1.807) is 24.6 Å². The highest BCUT2D eigenvalue weighted by Crippen LogP contribution is 2.25. The molecular weight excluding hydrogens is 181 g/mol. The van der Waals surface area contributed by atoms with Crippen LogP contribution in [-0.4, -0.2) is 18.4 Å². The minimum atomic E-state index is -0.900. The average Bonchev–Trinajstić information content (AvgIpc) is 2.02. The van der Waals surface area contributed by atoms with Crippen LogP contribution >= 0.6 is 11.6 Å². The second-order valence-corrected chi connectivity index (χ2v) is 2.83. The van der Waals surface area contributed by atoms with Gasteiger partial charge in [0, 0.05) is 18.0 Å². The lowest BCUT2D eigenvalue weighted by atomic mass is 10.0. The minimum Gasteiger partial charge on any atom is -0.317 e. The predicted molar refractivity (Wildman–Crippen MR) is 48.0 cm³/mol. The Hall–Kier alpha value is -0.380. The van der Waals surface area contributed by atoms with Crippen LogP contribution in [-0.2, 0) is 0 Å². The lowest BCUT2D eigenvalue weighted by molar-refractivity contribution is 0.194. The summed E-state index contributed by atoms with van der Waals surface area (Å²) in [4.78, 5) is 0. The quantitative estimate of drug-likeness (QED) is 0.579. The van der Waals surface area contributed by atoms with Crippen molar-refractivity contribution in [2.75, 3.05) is 7.05 Å². The number of alkyl halides is 1. The van der Waals surface area contributed by atoms with E-state index < -0.39 is 6.17 Å². The van der Waals surface area contributed by atoms with E-state index in [0.717, 1.165) is 0 Å². The topological polar surface area (TPSA) is 32.3 Å². The Balaban J connectivity index is 0.000000354. The second kappa shape index (κ2) is 6.17. The largest absolute Gasteiger partial charge is 0.317 e. The standard InChI is InChI=1S/C7H8ClF.CH5NO/c1-5-6(8)3-2-4-7(5)9;1-2-3/h2-5,7H,1H3;2-3H,1H3. The zero-order valence-electron chi connectivity index (χ0n) is 7.09. The molecule has 1 aliphatic carbocycles. The SMILES string of the molecule is CC1C(Cl)=CC=CC1F.CNO. The van der Waals surface area contributed by atoms with E-state index in [0.29, 0.717) is 5.03 Å². The zero-order valence-corrected chi connectivity index (χ0v) is 7.85. The molecule has 2 nitrogen and oxygen atoms in total. The molecule has 0 aliphatic heterocycles. The summed E-state index contributed by atoms with van der Waals surface area (Å²) in [7, 11) is 1.43. The smallest absolute Gasteiger partial charge is 0.126 e. The van der Waals surface area contributed by atoms with Gasteiger partial charge < -0.3 is 5.21 Å². The molecular formula is C8H13ClFNO. The summed E-state index contributed by atoms with van der Waals surface area (Å²) in [6.45, 7) is 1.77. The van der Waals surface area contributed by atoms with E-state index in [1.165, 1.54) is 13.1 Å². The fraction of sp³-hybridized carbons (Fsp3) is 0.500. The molecule has 0 aromatic rings. The molecule has 0 amide bonds. The maximum atomic E-state index is 12.6. The first-order chi connectivity index (χ1) is 5.63. The zero-order chi connectivity index (χ0) is 9.56. The van der Waals surface area contributed by atoms with Gasteiger partial charge in [0.2, 0.25) is 0 Å². The molecule has 0 bridgehead atoms. The van der Waals surface area contributed by atoms with Crippen LogP contribution in [0.15, 0.2) is 23.3 Å². The Morgan fingerprint density at radius 3 is 2.50 bits per heavy atom. The summed E-state index contributed by atoms with van der Waals surface area (Å²) in [5, 5.41) is 7.92. The van der Waals surface area contributed by atoms with E-state index in [9.17, 15) is 4.39 Å². The van der Waals surface area contributed by atoms with Gasteiger partial charge in [0.1, 0.15) is 6.17 Å². The average molecular weight is 194 g/mol. The molecule has 2 unspecified atom stereocenters. The van der Waals surface area contributed by atoms with Gasteiger partial charge >= 0.3 is 0 Å². The van der Waals surface area contributed by atoms with Crippen LogP contribution in [0.3, 0.4) is 0 Å². The van der Waals surface area contributed by atoms with Crippen LogP contribution in [0.5, 0.6) is 0 Å². The van der Waals surface area contributed by atoms with Crippen LogP contribution in [0.1, 0.15) is 6.92 Å². The Labute approximate surface area is 76.7 Å². The minimum absolute atomic E-state index is 0.156. The van der Waals surface area contributed by atoms with E-state index in [2.05, 4.69) is 0 Å². The molecule has 0 radical (unpaired) electrons. The van der Waals surface area contributed by atoms with Crippen molar-refractivity contribution in [2.24, 2.45) is 5.92 Å². The van der Waals surface area contributed by atoms with Gasteiger partial charge in [-0.1, -0.05) is 30.7 Å². The number of hydrogen-bond donors (Lipinski definition) is 2. The van der Waals surface area contributed by atoms with Crippen molar-refractivity contribution in [3.05, 3.63) is 23.3 Å². The third kappa shape index (κ3) is 3.85. The number of rotatable bonds is 0. The van der Waals surface area contributed by atoms with Crippen molar-refractivity contribution in [3.8, 4) is 0 Å². The highest BCUT2D eigenvalue weighted by Gasteiger charge is 2.17. The number of hydroxylamine groups is 1. The molecule has 2 N–H and O–H groups in total. The molecule has 0 saturated carbocycles. The monoisotopic (exact) mass is 193 g/mol. The summed E-state index contributed by atoms with van der Waals surface area (Å²) in [6, 6.07) is 0. The number of halogens is 2. The summed E-state index contributed by atoms with van der Waals surface area (Å²) < 4.78 is 12.6. The lowest BCUT2D eigenvalue weighted by Gasteiger charge is -2.14. The predicted octanol–water partition coefficient (Wildman–Crippen LogP) is 2.25. The van der Waals surface area contributed by atoms with Gasteiger partial charge in [-0.25, -0.2) is 9.87 Å². The van der Waals surface area contributed by atoms with Gasteiger partial charge in [-0.3, -0.25) is 0 Å². The Morgan fingerprint density at radius 1 is 1.67 bits per heavy atom. The fourth-order valence-electron chi connectivity index (χ4n) is 0.724. The summed E-state index contributed by atoms with van der Waals surface area (Å²) in [5.74, 6) is -0.156. The normalized spacial score (nSPS) is 27.2. The van der Waals surface area contributed by atoms with Gasteiger partial charge in [0.15, 0.2) is 0 Å². The van der Waals surface area contributed by atoms with Gasteiger partial charge in [-0.2, -0.15) is 0 Å². The van der Waals surface area contributed by atoms with Crippen molar-refractivity contribution in [1.29, 1.82) is 0 Å². The Morgan fingerprint density at radius 2 is 2.17 bits per heavy atom. The van der Waals surface area contributed by atoms with Gasteiger partial charge in [-0.15, -0.1) is 0 Å². The van der Waals surface area contributed by atoms with Crippen LogP contribution < -0.4 is 5.48 Å². The van der Waals surface area contributed by atoms with Crippen LogP contribution in [0.2, 0.25) is 0 Å². The summed E-state index contributed by atoms with van der Waals surface area (Å²) in [6.07, 6.45) is 3.98. The molecule has 0 aromatic heterocycles. The highest BCUT2D eigenvalue weighted by molar-refractivity contribution is 6.30. The van der Waals surface area contributed by atoms with Crippen LogP contribution in [0.25, 0.3) is 0 Å². The maximum absolute atomic E-state index is 12.6. The first-order valence-corrected chi connectivity index (χ1v) is 4.00. The first-order valence-electron chi connectivity index (χ1n) is 3.62. The van der Waals surface area contributed by atoms with Crippen molar-refractivity contribution < 1.29 is 9.60 Å². The van der Waals surface area contributed by atoms with Gasteiger partial charge in [0.25, 0.3) is 0 Å². The molecule has 0 aromatic carbocycles. The molecule has 0 saturated heterocycles. The molecule has 1 rings (SSSR count). The Bertz CT molecular complexity index is 182. The molecule has 0 spiro atoms. The number of hydrogen-bond acceptors (Lipinski definition) is 2. The molecule has 0 fully saturated rings. The van der Waals surface area contributed by atoms with Crippen molar-refractivity contribution >= 4 is 11.6 Å². The van der Waals surface area contributed by atoms with Crippen molar-refractivity contribution in [2.45, 2.75) is 13.1 Å². The molecule has 2 atom stereocenters. The van der Waals surface area contributed by atoms with E-state index in [4.69, 9.17) is 16.8 Å². The van der Waals surface area contributed by atoms with Crippen LogP contribution in [0, 0.1) is 5.92 Å². The summed E-state index contributed by atoms with van der Waals surface area (Å²) in [5.41, 5.74) is 1.75. The number of allylic oxidation sites excluding steroid dienone is 4. The lowest BCUT2D eigenvalue weighted by Crippen LogP contribution is -2.11. The molecule has 70 valence electrons. The van der Waals surface area contributed by atoms with E-state index >= 15 is 0 Å². The molecule has 12 heavy (non-hydrogen) atoms. The van der Waals surface area contributed by atoms with Crippen molar-refractivity contribution in [3.63, 3.8) is 0 Å². The van der Waals surface area contributed by atoms with E-state index in [-0.39, 0.29) is 5.92 Å².